The number of amidine groups is 1. The van der Waals surface area contributed by atoms with Gasteiger partial charge in [0.15, 0.2) is 5.17 Å². The lowest BCUT2D eigenvalue weighted by Gasteiger charge is -2.11. The summed E-state index contributed by atoms with van der Waals surface area (Å²) in [6.45, 7) is 2.04. The highest BCUT2D eigenvalue weighted by molar-refractivity contribution is 8.15. The number of para-hydroxylation sites is 1. The second-order valence-corrected chi connectivity index (χ2v) is 7.52. The summed E-state index contributed by atoms with van der Waals surface area (Å²) >= 11 is 2.71. The highest BCUT2D eigenvalue weighted by Gasteiger charge is 2.37. The molecule has 2 heterocycles. The Bertz CT molecular complexity index is 805. The van der Waals surface area contributed by atoms with Crippen LogP contribution in [0.5, 0.6) is 0 Å². The molecule has 0 aliphatic carbocycles. The SMILES string of the molecule is CCc1ccccc1NC(=O)CC1SC(=Nc2nccs2)N(C)C1=O. The quantitative estimate of drug-likeness (QED) is 0.871. The minimum Gasteiger partial charge on any atom is -0.326 e. The molecular formula is C17H18N4O2S2. The molecule has 6 nitrogen and oxygen atoms in total. The lowest BCUT2D eigenvalue weighted by atomic mass is 10.1. The molecule has 1 aromatic heterocycles. The van der Waals surface area contributed by atoms with E-state index in [-0.39, 0.29) is 18.2 Å². The molecular weight excluding hydrogens is 356 g/mol. The third-order valence-corrected chi connectivity index (χ3v) is 5.69. The van der Waals surface area contributed by atoms with Gasteiger partial charge in [0.05, 0.1) is 0 Å². The van der Waals surface area contributed by atoms with Gasteiger partial charge < -0.3 is 5.32 Å². The van der Waals surface area contributed by atoms with Gasteiger partial charge in [0.1, 0.15) is 5.25 Å². The fourth-order valence-corrected chi connectivity index (χ4v) is 4.17. The predicted molar refractivity (Wildman–Crippen MR) is 102 cm³/mol. The molecule has 0 bridgehead atoms. The van der Waals surface area contributed by atoms with E-state index in [1.165, 1.54) is 28.0 Å². The van der Waals surface area contributed by atoms with Crippen molar-refractivity contribution >= 4 is 50.9 Å². The van der Waals surface area contributed by atoms with Gasteiger partial charge in [0.25, 0.3) is 0 Å². The van der Waals surface area contributed by atoms with Crippen LogP contribution in [0.4, 0.5) is 10.8 Å². The summed E-state index contributed by atoms with van der Waals surface area (Å²) < 4.78 is 0. The van der Waals surface area contributed by atoms with Gasteiger partial charge in [-0.25, -0.2) is 4.98 Å². The number of anilines is 1. The lowest BCUT2D eigenvalue weighted by molar-refractivity contribution is -0.127. The number of thioether (sulfide) groups is 1. The molecule has 1 aromatic carbocycles. The largest absolute Gasteiger partial charge is 0.326 e. The van der Waals surface area contributed by atoms with Crippen LogP contribution in [0, 0.1) is 0 Å². The number of nitrogens with zero attached hydrogens (tertiary/aromatic N) is 3. The number of nitrogens with one attached hydrogen (secondary N) is 1. The molecule has 1 fully saturated rings. The lowest BCUT2D eigenvalue weighted by Crippen LogP contribution is -2.30. The molecule has 1 N–H and O–H groups in total. The normalized spacial score (nSPS) is 18.8. The average molecular weight is 374 g/mol. The second kappa shape index (κ2) is 7.79. The van der Waals surface area contributed by atoms with Crippen molar-refractivity contribution in [3.63, 3.8) is 0 Å². The molecule has 1 aliphatic heterocycles. The van der Waals surface area contributed by atoms with Gasteiger partial charge in [-0.1, -0.05) is 36.9 Å². The Hall–Kier alpha value is -2.19. The van der Waals surface area contributed by atoms with E-state index >= 15 is 0 Å². The Kier molecular flexibility index (Phi) is 5.50. The molecule has 130 valence electrons. The van der Waals surface area contributed by atoms with Crippen molar-refractivity contribution in [2.45, 2.75) is 25.0 Å². The van der Waals surface area contributed by atoms with Gasteiger partial charge in [-0.05, 0) is 18.1 Å². The maximum atomic E-state index is 12.4. The van der Waals surface area contributed by atoms with Gasteiger partial charge in [-0.3, -0.25) is 14.5 Å². The highest BCUT2D eigenvalue weighted by atomic mass is 32.2. The summed E-state index contributed by atoms with van der Waals surface area (Å²) in [6, 6.07) is 7.69. The van der Waals surface area contributed by atoms with E-state index in [9.17, 15) is 9.59 Å². The van der Waals surface area contributed by atoms with Crippen molar-refractivity contribution in [1.29, 1.82) is 0 Å². The van der Waals surface area contributed by atoms with Crippen LogP contribution in [0.1, 0.15) is 18.9 Å². The molecule has 2 aromatic rings. The highest BCUT2D eigenvalue weighted by Crippen LogP contribution is 2.31. The number of benzene rings is 1. The zero-order valence-corrected chi connectivity index (χ0v) is 15.6. The van der Waals surface area contributed by atoms with Gasteiger partial charge >= 0.3 is 0 Å². The number of thiazole rings is 1. The molecule has 0 radical (unpaired) electrons. The Morgan fingerprint density at radius 1 is 1.40 bits per heavy atom. The van der Waals surface area contributed by atoms with Crippen molar-refractivity contribution in [2.75, 3.05) is 12.4 Å². The number of aromatic nitrogens is 1. The number of aryl methyl sites for hydroxylation is 1. The first-order valence-corrected chi connectivity index (χ1v) is 9.64. The van der Waals surface area contributed by atoms with E-state index in [1.54, 1.807) is 13.2 Å². The predicted octanol–water partition coefficient (Wildman–Crippen LogP) is 3.30. The van der Waals surface area contributed by atoms with Gasteiger partial charge in [-0.2, -0.15) is 4.99 Å². The van der Waals surface area contributed by atoms with Gasteiger partial charge in [-0.15, -0.1) is 11.3 Å². The van der Waals surface area contributed by atoms with Crippen molar-refractivity contribution in [1.82, 2.24) is 9.88 Å². The minimum atomic E-state index is -0.461. The van der Waals surface area contributed by atoms with Crippen LogP contribution < -0.4 is 5.32 Å². The Morgan fingerprint density at radius 3 is 2.92 bits per heavy atom. The standard InChI is InChI=1S/C17H18N4O2S2/c1-3-11-6-4-5-7-12(11)19-14(22)10-13-15(23)21(2)17(25-13)20-16-18-8-9-24-16/h4-9,13H,3,10H2,1-2H3,(H,19,22). The van der Waals surface area contributed by atoms with E-state index in [0.717, 1.165) is 17.7 Å². The van der Waals surface area contributed by atoms with Crippen molar-refractivity contribution in [3.05, 3.63) is 41.4 Å². The molecule has 3 rings (SSSR count). The molecule has 8 heteroatoms. The molecule has 25 heavy (non-hydrogen) atoms. The van der Waals surface area contributed by atoms with Crippen LogP contribution in [0.25, 0.3) is 0 Å². The van der Waals surface area contributed by atoms with Crippen LogP contribution in [-0.2, 0) is 16.0 Å². The van der Waals surface area contributed by atoms with Crippen LogP contribution >= 0.6 is 23.1 Å². The van der Waals surface area contributed by atoms with E-state index in [0.29, 0.717) is 10.3 Å². The average Bonchev–Trinajstić information content (AvgIpc) is 3.20. The van der Waals surface area contributed by atoms with Crippen LogP contribution in [0.3, 0.4) is 0 Å². The third kappa shape index (κ3) is 4.08. The van der Waals surface area contributed by atoms with E-state index in [2.05, 4.69) is 15.3 Å². The summed E-state index contributed by atoms with van der Waals surface area (Å²) in [5, 5.41) is 5.46. The van der Waals surface area contributed by atoms with Crippen LogP contribution in [0.15, 0.2) is 40.8 Å². The number of amides is 2. The summed E-state index contributed by atoms with van der Waals surface area (Å²) in [5.74, 6) is -0.283. The monoisotopic (exact) mass is 374 g/mol. The maximum absolute atomic E-state index is 12.4. The number of hydrogen-bond donors (Lipinski definition) is 1. The molecule has 1 aliphatic rings. The van der Waals surface area contributed by atoms with Crippen LogP contribution in [0.2, 0.25) is 0 Å². The summed E-state index contributed by atoms with van der Waals surface area (Å²) in [7, 11) is 1.67. The number of hydrogen-bond acceptors (Lipinski definition) is 6. The smallest absolute Gasteiger partial charge is 0.242 e. The van der Waals surface area contributed by atoms with E-state index < -0.39 is 5.25 Å². The van der Waals surface area contributed by atoms with Crippen LogP contribution in [-0.4, -0.2) is 39.2 Å². The molecule has 1 atom stereocenters. The topological polar surface area (TPSA) is 74.7 Å². The third-order valence-electron chi connectivity index (χ3n) is 3.79. The van der Waals surface area contributed by atoms with Crippen molar-refractivity contribution < 1.29 is 9.59 Å². The molecule has 1 unspecified atom stereocenters. The number of rotatable bonds is 5. The molecule has 2 amide bonds. The Labute approximate surface area is 154 Å². The number of carbonyl (C=O) groups is 2. The zero-order valence-electron chi connectivity index (χ0n) is 13.9. The Balaban J connectivity index is 1.66. The minimum absolute atomic E-state index is 0.112. The maximum Gasteiger partial charge on any atom is 0.242 e. The zero-order chi connectivity index (χ0) is 17.8. The fourth-order valence-electron chi connectivity index (χ4n) is 2.47. The second-order valence-electron chi connectivity index (χ2n) is 5.48. The molecule has 0 spiro atoms. The van der Waals surface area contributed by atoms with Crippen molar-refractivity contribution in [3.8, 4) is 0 Å². The van der Waals surface area contributed by atoms with Gasteiger partial charge in [0, 0.05) is 30.7 Å². The van der Waals surface area contributed by atoms with Gasteiger partial charge in [0.2, 0.25) is 16.9 Å². The number of aliphatic imine (C=N–C) groups is 1. The van der Waals surface area contributed by atoms with E-state index in [4.69, 9.17) is 0 Å². The first-order chi connectivity index (χ1) is 12.1. The Morgan fingerprint density at radius 2 is 2.20 bits per heavy atom. The first kappa shape index (κ1) is 17.6. The fraction of sp³-hybridized carbons (Fsp3) is 0.294. The first-order valence-electron chi connectivity index (χ1n) is 7.88. The summed E-state index contributed by atoms with van der Waals surface area (Å²) in [6.07, 6.45) is 2.62. The summed E-state index contributed by atoms with van der Waals surface area (Å²) in [5.41, 5.74) is 1.87. The van der Waals surface area contributed by atoms with E-state index in [1.807, 2.05) is 36.6 Å². The van der Waals surface area contributed by atoms with Crippen molar-refractivity contribution in [2.24, 2.45) is 4.99 Å². The molecule has 1 saturated heterocycles. The number of carbonyl (C=O) groups excluding carboxylic acids is 2. The molecule has 0 saturated carbocycles. The summed E-state index contributed by atoms with van der Waals surface area (Å²) in [4.78, 5) is 34.7.